The minimum absolute atomic E-state index is 0.0515. The quantitative estimate of drug-likeness (QED) is 0.235. The Morgan fingerprint density at radius 2 is 1.68 bits per heavy atom. The van der Waals surface area contributed by atoms with Gasteiger partial charge in [-0.2, -0.15) is 0 Å². The summed E-state index contributed by atoms with van der Waals surface area (Å²) in [4.78, 5) is 15.4. The molecule has 3 aromatic carbocycles. The molecule has 0 bridgehead atoms. The SMILES string of the molecule is O=[N+]([O-])c1ccc(-c2cn(C(CN3CCN(CCO)CC3)c3ccc4sc5ccccc5c4c3)nn2)cc1. The molecule has 1 N–H and O–H groups in total. The van der Waals surface area contributed by atoms with Crippen LogP contribution in [0.3, 0.4) is 0 Å². The van der Waals surface area contributed by atoms with Crippen LogP contribution < -0.4 is 0 Å². The van der Waals surface area contributed by atoms with Crippen molar-refractivity contribution in [2.75, 3.05) is 45.9 Å². The predicted octanol–water partition coefficient (Wildman–Crippen LogP) is 4.42. The summed E-state index contributed by atoms with van der Waals surface area (Å²) in [5.74, 6) is 0. The molecule has 0 aliphatic carbocycles. The Labute approximate surface area is 223 Å². The van der Waals surface area contributed by atoms with Crippen molar-refractivity contribution in [1.82, 2.24) is 24.8 Å². The van der Waals surface area contributed by atoms with Gasteiger partial charge in [-0.3, -0.25) is 19.9 Å². The second-order valence-electron chi connectivity index (χ2n) is 9.62. The molecule has 1 fully saturated rings. The second kappa shape index (κ2) is 10.6. The zero-order valence-corrected chi connectivity index (χ0v) is 21.6. The van der Waals surface area contributed by atoms with E-state index < -0.39 is 4.92 Å². The number of β-amino-alcohol motifs (C(OH)–C–C–N with tert-alkyl or cyclic N) is 1. The molecule has 0 radical (unpaired) electrons. The number of nitro groups is 1. The van der Waals surface area contributed by atoms with E-state index >= 15 is 0 Å². The maximum atomic E-state index is 11.1. The Balaban J connectivity index is 1.34. The first-order valence-corrected chi connectivity index (χ1v) is 13.5. The molecule has 5 aromatic rings. The second-order valence-corrected chi connectivity index (χ2v) is 10.7. The molecule has 3 heterocycles. The van der Waals surface area contributed by atoms with Crippen molar-refractivity contribution < 1.29 is 10.0 Å². The molecule has 1 aliphatic heterocycles. The molecule has 38 heavy (non-hydrogen) atoms. The highest BCUT2D eigenvalue weighted by Crippen LogP contribution is 2.36. The van der Waals surface area contributed by atoms with E-state index in [4.69, 9.17) is 0 Å². The topological polar surface area (TPSA) is 101 Å². The Hall–Kier alpha value is -3.70. The number of thiophene rings is 1. The van der Waals surface area contributed by atoms with Gasteiger partial charge < -0.3 is 5.11 Å². The lowest BCUT2D eigenvalue weighted by molar-refractivity contribution is -0.384. The molecule has 1 aliphatic rings. The number of aromatic nitrogens is 3. The van der Waals surface area contributed by atoms with Crippen LogP contribution in [0, 0.1) is 10.1 Å². The van der Waals surface area contributed by atoms with Crippen molar-refractivity contribution in [2.45, 2.75) is 6.04 Å². The van der Waals surface area contributed by atoms with Gasteiger partial charge in [0.15, 0.2) is 0 Å². The van der Waals surface area contributed by atoms with Crippen molar-refractivity contribution in [3.63, 3.8) is 0 Å². The van der Waals surface area contributed by atoms with E-state index in [2.05, 4.69) is 62.6 Å². The van der Waals surface area contributed by atoms with Gasteiger partial charge >= 0.3 is 0 Å². The zero-order valence-electron chi connectivity index (χ0n) is 20.8. The summed E-state index contributed by atoms with van der Waals surface area (Å²) in [6.07, 6.45) is 1.93. The first-order chi connectivity index (χ1) is 18.6. The normalized spacial score (nSPS) is 15.8. The third-order valence-corrected chi connectivity index (χ3v) is 8.45. The highest BCUT2D eigenvalue weighted by molar-refractivity contribution is 7.25. The van der Waals surface area contributed by atoms with Gasteiger partial charge in [0.2, 0.25) is 0 Å². The molecular weight excluding hydrogens is 500 g/mol. The summed E-state index contributed by atoms with van der Waals surface area (Å²) in [5.41, 5.74) is 2.69. The number of hydrogen-bond donors (Lipinski definition) is 1. The number of benzene rings is 3. The first-order valence-electron chi connectivity index (χ1n) is 12.7. The molecule has 6 rings (SSSR count). The van der Waals surface area contributed by atoms with Crippen LogP contribution in [-0.2, 0) is 0 Å². The van der Waals surface area contributed by atoms with Gasteiger partial charge in [-0.15, -0.1) is 16.4 Å². The molecule has 9 nitrogen and oxygen atoms in total. The first kappa shape index (κ1) is 24.6. The summed E-state index contributed by atoms with van der Waals surface area (Å²) in [6, 6.07) is 21.5. The van der Waals surface area contributed by atoms with Gasteiger partial charge in [-0.1, -0.05) is 29.5 Å². The fourth-order valence-electron chi connectivity index (χ4n) is 5.19. The van der Waals surface area contributed by atoms with Gasteiger partial charge in [-0.05, 0) is 35.9 Å². The van der Waals surface area contributed by atoms with E-state index in [1.54, 1.807) is 23.5 Å². The summed E-state index contributed by atoms with van der Waals surface area (Å²) in [5, 5.41) is 31.8. The number of fused-ring (bicyclic) bond motifs is 3. The van der Waals surface area contributed by atoms with Crippen molar-refractivity contribution in [2.24, 2.45) is 0 Å². The third-order valence-electron chi connectivity index (χ3n) is 7.30. The molecule has 0 spiro atoms. The van der Waals surface area contributed by atoms with E-state index in [0.29, 0.717) is 12.2 Å². The highest BCUT2D eigenvalue weighted by atomic mass is 32.1. The highest BCUT2D eigenvalue weighted by Gasteiger charge is 2.24. The lowest BCUT2D eigenvalue weighted by Crippen LogP contribution is -2.48. The maximum absolute atomic E-state index is 11.1. The van der Waals surface area contributed by atoms with E-state index in [1.807, 2.05) is 10.9 Å². The van der Waals surface area contributed by atoms with Crippen molar-refractivity contribution in [3.8, 4) is 11.3 Å². The smallest absolute Gasteiger partial charge is 0.269 e. The average molecular weight is 529 g/mol. The summed E-state index contributed by atoms with van der Waals surface area (Å²) < 4.78 is 4.46. The fraction of sp³-hybridized carbons (Fsp3) is 0.286. The van der Waals surface area contributed by atoms with Gasteiger partial charge in [0.25, 0.3) is 5.69 Å². The molecule has 2 aromatic heterocycles. The van der Waals surface area contributed by atoms with Crippen LogP contribution in [0.2, 0.25) is 0 Å². The van der Waals surface area contributed by atoms with Crippen molar-refractivity contribution >= 4 is 37.2 Å². The Morgan fingerprint density at radius 1 is 0.947 bits per heavy atom. The van der Waals surface area contributed by atoms with E-state index in [-0.39, 0.29) is 18.3 Å². The minimum Gasteiger partial charge on any atom is -0.395 e. The number of hydrogen-bond acceptors (Lipinski definition) is 8. The lowest BCUT2D eigenvalue weighted by Gasteiger charge is -2.36. The molecule has 1 atom stereocenters. The summed E-state index contributed by atoms with van der Waals surface area (Å²) >= 11 is 1.80. The average Bonchev–Trinajstić information content (AvgIpc) is 3.58. The van der Waals surface area contributed by atoms with Crippen LogP contribution in [0.25, 0.3) is 31.4 Å². The van der Waals surface area contributed by atoms with Crippen LogP contribution in [0.4, 0.5) is 5.69 Å². The monoisotopic (exact) mass is 528 g/mol. The largest absolute Gasteiger partial charge is 0.395 e. The number of nitro benzene ring substituents is 1. The number of nitrogens with zero attached hydrogens (tertiary/aromatic N) is 6. The third kappa shape index (κ3) is 4.91. The van der Waals surface area contributed by atoms with Crippen molar-refractivity contribution in [3.05, 3.63) is 88.6 Å². The molecule has 1 saturated heterocycles. The predicted molar refractivity (Wildman–Crippen MR) is 150 cm³/mol. The molecule has 0 amide bonds. The number of rotatable bonds is 8. The van der Waals surface area contributed by atoms with E-state index in [0.717, 1.165) is 38.3 Å². The fourth-order valence-corrected chi connectivity index (χ4v) is 6.28. The summed E-state index contributed by atoms with van der Waals surface area (Å²) in [6.45, 7) is 5.36. The number of aliphatic hydroxyl groups excluding tert-OH is 1. The van der Waals surface area contributed by atoms with Gasteiger partial charge in [0, 0.05) is 77.1 Å². The molecule has 194 valence electrons. The minimum atomic E-state index is -0.402. The molecule has 1 unspecified atom stereocenters. The van der Waals surface area contributed by atoms with Crippen LogP contribution in [0.5, 0.6) is 0 Å². The van der Waals surface area contributed by atoms with E-state index in [9.17, 15) is 15.2 Å². The van der Waals surface area contributed by atoms with Crippen LogP contribution in [0.1, 0.15) is 11.6 Å². The number of piperazine rings is 1. The van der Waals surface area contributed by atoms with Gasteiger partial charge in [-0.25, -0.2) is 4.68 Å². The van der Waals surface area contributed by atoms with Crippen LogP contribution >= 0.6 is 11.3 Å². The number of aliphatic hydroxyl groups is 1. The maximum Gasteiger partial charge on any atom is 0.269 e. The number of non-ortho nitro benzene ring substituents is 1. The molecule has 0 saturated carbocycles. The van der Waals surface area contributed by atoms with E-state index in [1.165, 1.54) is 37.9 Å². The van der Waals surface area contributed by atoms with Crippen molar-refractivity contribution in [1.29, 1.82) is 0 Å². The zero-order chi connectivity index (χ0) is 26.1. The standard InChI is InChI=1S/C28H28N6O3S/c35-16-15-31-11-13-32(14-12-31)19-26(21-7-10-28-24(17-21)23-3-1-2-4-27(23)38-28)33-18-25(29-30-33)20-5-8-22(9-6-20)34(36)37/h1-10,17-18,26,35H,11-16,19H2. The molecule has 10 heteroatoms. The molecular formula is C28H28N6O3S. The van der Waals surface area contributed by atoms with Gasteiger partial charge in [0.05, 0.1) is 23.8 Å². The Bertz CT molecular complexity index is 1570. The summed E-state index contributed by atoms with van der Waals surface area (Å²) in [7, 11) is 0. The Kier molecular flexibility index (Phi) is 6.86. The van der Waals surface area contributed by atoms with Gasteiger partial charge in [0.1, 0.15) is 5.69 Å². The lowest BCUT2D eigenvalue weighted by atomic mass is 10.0. The van der Waals surface area contributed by atoms with Crippen LogP contribution in [0.15, 0.2) is 72.9 Å². The van der Waals surface area contributed by atoms with Crippen LogP contribution in [-0.4, -0.2) is 80.7 Å². The Morgan fingerprint density at radius 3 is 2.45 bits per heavy atom.